The van der Waals surface area contributed by atoms with E-state index in [-0.39, 0.29) is 5.82 Å². The summed E-state index contributed by atoms with van der Waals surface area (Å²) < 4.78 is 20.9. The van der Waals surface area contributed by atoms with Gasteiger partial charge in [0.1, 0.15) is 11.4 Å². The van der Waals surface area contributed by atoms with Crippen molar-refractivity contribution < 1.29 is 13.9 Å². The molecule has 1 heterocycles. The predicted molar refractivity (Wildman–Crippen MR) is 105 cm³/mol. The van der Waals surface area contributed by atoms with Crippen LogP contribution in [0, 0.1) is 12.7 Å². The number of aryl methyl sites for hydroxylation is 1. The smallest absolute Gasteiger partial charge is 0.413 e. The maximum atomic E-state index is 14.9. The minimum absolute atomic E-state index is 0.350. The quantitative estimate of drug-likeness (QED) is 0.548. The predicted octanol–water partition coefficient (Wildman–Crippen LogP) is 6.41. The number of thiazole rings is 1. The molecule has 136 valence electrons. The van der Waals surface area contributed by atoms with Crippen molar-refractivity contribution in [3.8, 4) is 11.1 Å². The van der Waals surface area contributed by atoms with Gasteiger partial charge in [0.2, 0.25) is 0 Å². The first-order chi connectivity index (χ1) is 12.1. The number of hydrogen-bond donors (Lipinski definition) is 1. The van der Waals surface area contributed by atoms with Gasteiger partial charge < -0.3 is 4.74 Å². The zero-order valence-electron chi connectivity index (χ0n) is 14.8. The molecular formula is C19H18ClFN2O2S. The summed E-state index contributed by atoms with van der Waals surface area (Å²) in [7, 11) is 0. The second-order valence-electron chi connectivity index (χ2n) is 6.89. The van der Waals surface area contributed by atoms with Crippen molar-refractivity contribution in [1.29, 1.82) is 0 Å². The van der Waals surface area contributed by atoms with Crippen molar-refractivity contribution in [2.45, 2.75) is 33.3 Å². The summed E-state index contributed by atoms with van der Waals surface area (Å²) in [5, 5.41) is 3.48. The molecule has 4 nitrogen and oxygen atoms in total. The molecule has 0 aliphatic carbocycles. The third-order valence-corrected chi connectivity index (χ3v) is 4.68. The van der Waals surface area contributed by atoms with Crippen molar-refractivity contribution in [2.24, 2.45) is 0 Å². The molecular weight excluding hydrogens is 375 g/mol. The molecule has 0 bridgehead atoms. The fourth-order valence-corrected chi connectivity index (χ4v) is 3.67. The molecule has 7 heteroatoms. The number of benzene rings is 2. The van der Waals surface area contributed by atoms with E-state index in [0.717, 1.165) is 4.70 Å². The minimum Gasteiger partial charge on any atom is -0.444 e. The Hall–Kier alpha value is -2.18. The number of nitrogens with zero attached hydrogens (tertiary/aromatic N) is 1. The van der Waals surface area contributed by atoms with Crippen LogP contribution in [0.25, 0.3) is 21.3 Å². The molecule has 3 aromatic rings. The molecule has 26 heavy (non-hydrogen) atoms. The molecule has 3 rings (SSSR count). The number of amides is 1. The molecule has 0 unspecified atom stereocenters. The summed E-state index contributed by atoms with van der Waals surface area (Å²) in [5.41, 5.74) is 1.37. The van der Waals surface area contributed by atoms with Crippen LogP contribution in [0.15, 0.2) is 30.3 Å². The van der Waals surface area contributed by atoms with Crippen molar-refractivity contribution in [1.82, 2.24) is 4.98 Å². The van der Waals surface area contributed by atoms with Crippen molar-refractivity contribution in [3.05, 3.63) is 46.7 Å². The normalized spacial score (nSPS) is 11.6. The van der Waals surface area contributed by atoms with E-state index in [2.05, 4.69) is 10.3 Å². The van der Waals surface area contributed by atoms with E-state index in [4.69, 9.17) is 16.3 Å². The number of fused-ring (bicyclic) bond motifs is 1. The monoisotopic (exact) mass is 392 g/mol. The average Bonchev–Trinajstić information content (AvgIpc) is 2.87. The van der Waals surface area contributed by atoms with Crippen LogP contribution in [0.3, 0.4) is 0 Å². The maximum absolute atomic E-state index is 14.9. The summed E-state index contributed by atoms with van der Waals surface area (Å²) in [6.45, 7) is 7.03. The lowest BCUT2D eigenvalue weighted by Crippen LogP contribution is -2.27. The van der Waals surface area contributed by atoms with Gasteiger partial charge in [-0.3, -0.25) is 5.32 Å². The molecule has 0 aliphatic rings. The van der Waals surface area contributed by atoms with Gasteiger partial charge in [-0.05, 0) is 57.0 Å². The lowest BCUT2D eigenvalue weighted by molar-refractivity contribution is 0.0636. The summed E-state index contributed by atoms with van der Waals surface area (Å²) in [4.78, 5) is 16.4. The maximum Gasteiger partial charge on any atom is 0.413 e. The molecule has 0 aliphatic heterocycles. The zero-order valence-corrected chi connectivity index (χ0v) is 16.4. The van der Waals surface area contributed by atoms with E-state index in [9.17, 15) is 9.18 Å². The third kappa shape index (κ3) is 3.97. The largest absolute Gasteiger partial charge is 0.444 e. The molecule has 0 atom stereocenters. The van der Waals surface area contributed by atoms with E-state index < -0.39 is 11.7 Å². The van der Waals surface area contributed by atoms with Crippen LogP contribution in [-0.2, 0) is 4.74 Å². The highest BCUT2D eigenvalue weighted by Crippen LogP contribution is 2.38. The number of carbonyl (C=O) groups is 1. The fourth-order valence-electron chi connectivity index (χ4n) is 2.52. The van der Waals surface area contributed by atoms with Crippen LogP contribution in [0.2, 0.25) is 5.02 Å². The van der Waals surface area contributed by atoms with E-state index in [1.807, 2.05) is 0 Å². The Labute approximate surface area is 160 Å². The highest BCUT2D eigenvalue weighted by Gasteiger charge is 2.20. The molecule has 1 amide bonds. The Morgan fingerprint density at radius 3 is 2.69 bits per heavy atom. The second-order valence-corrected chi connectivity index (χ2v) is 8.35. The van der Waals surface area contributed by atoms with E-state index in [0.29, 0.717) is 32.4 Å². The van der Waals surface area contributed by atoms with Crippen LogP contribution in [-0.4, -0.2) is 16.7 Å². The number of nitrogens with one attached hydrogen (secondary N) is 1. The van der Waals surface area contributed by atoms with Crippen LogP contribution in [0.5, 0.6) is 0 Å². The Kier molecular flexibility index (Phi) is 4.90. The van der Waals surface area contributed by atoms with Gasteiger partial charge in [-0.15, -0.1) is 0 Å². The van der Waals surface area contributed by atoms with Crippen LogP contribution < -0.4 is 5.32 Å². The molecule has 0 saturated heterocycles. The van der Waals surface area contributed by atoms with E-state index in [1.165, 1.54) is 11.3 Å². The van der Waals surface area contributed by atoms with Gasteiger partial charge in [0, 0.05) is 10.6 Å². The van der Waals surface area contributed by atoms with Gasteiger partial charge in [-0.1, -0.05) is 35.1 Å². The highest BCUT2D eigenvalue weighted by atomic mass is 35.5. The number of aromatic nitrogens is 1. The number of anilines is 1. The van der Waals surface area contributed by atoms with Crippen LogP contribution in [0.4, 0.5) is 14.3 Å². The van der Waals surface area contributed by atoms with Crippen molar-refractivity contribution in [3.63, 3.8) is 0 Å². The van der Waals surface area contributed by atoms with Gasteiger partial charge in [-0.2, -0.15) is 0 Å². The average molecular weight is 393 g/mol. The van der Waals surface area contributed by atoms with E-state index in [1.54, 1.807) is 58.0 Å². The molecule has 0 fully saturated rings. The first-order valence-corrected chi connectivity index (χ1v) is 9.19. The molecule has 0 spiro atoms. The van der Waals surface area contributed by atoms with Crippen LogP contribution in [0.1, 0.15) is 26.3 Å². The number of halogens is 2. The first-order valence-electron chi connectivity index (χ1n) is 7.99. The van der Waals surface area contributed by atoms with Crippen LogP contribution >= 0.6 is 22.9 Å². The minimum atomic E-state index is -0.616. The SMILES string of the molecule is Cc1cc2sc(NC(=O)OC(C)(C)C)nc2c(-c2cccc(Cl)c2)c1F. The summed E-state index contributed by atoms with van der Waals surface area (Å²) in [6.07, 6.45) is -0.599. The molecule has 1 aromatic heterocycles. The molecule has 1 N–H and O–H groups in total. The lowest BCUT2D eigenvalue weighted by Gasteiger charge is -2.18. The van der Waals surface area contributed by atoms with E-state index >= 15 is 0 Å². The van der Waals surface area contributed by atoms with Gasteiger partial charge >= 0.3 is 6.09 Å². The second kappa shape index (κ2) is 6.85. The Balaban J connectivity index is 2.07. The fraction of sp³-hybridized carbons (Fsp3) is 0.263. The van der Waals surface area contributed by atoms with Crippen molar-refractivity contribution in [2.75, 3.05) is 5.32 Å². The Morgan fingerprint density at radius 2 is 2.04 bits per heavy atom. The highest BCUT2D eigenvalue weighted by molar-refractivity contribution is 7.22. The summed E-state index contributed by atoms with van der Waals surface area (Å²) in [5.74, 6) is -0.353. The number of ether oxygens (including phenoxy) is 1. The van der Waals surface area contributed by atoms with Crippen molar-refractivity contribution >= 4 is 44.4 Å². The zero-order chi connectivity index (χ0) is 19.1. The summed E-state index contributed by atoms with van der Waals surface area (Å²) >= 11 is 7.32. The first kappa shape index (κ1) is 18.6. The van der Waals surface area contributed by atoms with Gasteiger partial charge in [0.05, 0.1) is 10.2 Å². The van der Waals surface area contributed by atoms with Gasteiger partial charge in [0.25, 0.3) is 0 Å². The molecule has 0 radical (unpaired) electrons. The molecule has 0 saturated carbocycles. The Morgan fingerprint density at radius 1 is 1.31 bits per heavy atom. The van der Waals surface area contributed by atoms with Gasteiger partial charge in [-0.25, -0.2) is 14.2 Å². The summed E-state index contributed by atoms with van der Waals surface area (Å²) in [6, 6.07) is 8.68. The third-order valence-electron chi connectivity index (χ3n) is 3.52. The number of rotatable bonds is 2. The lowest BCUT2D eigenvalue weighted by atomic mass is 10.0. The standard InChI is InChI=1S/C19H18ClFN2O2S/c1-10-8-13-16(14(15(10)21)11-6-5-7-12(20)9-11)22-17(26-13)23-18(24)25-19(2,3)4/h5-9H,1-4H3,(H,22,23,24). The number of hydrogen-bond acceptors (Lipinski definition) is 4. The van der Waals surface area contributed by atoms with Gasteiger partial charge in [0.15, 0.2) is 5.13 Å². The topological polar surface area (TPSA) is 51.2 Å². The number of carbonyl (C=O) groups excluding carboxylic acids is 1. The Bertz CT molecular complexity index is 995. The molecule has 2 aromatic carbocycles.